The van der Waals surface area contributed by atoms with Crippen molar-refractivity contribution in [3.8, 4) is 5.75 Å². The summed E-state index contributed by atoms with van der Waals surface area (Å²) in [7, 11) is 0. The van der Waals surface area contributed by atoms with Crippen molar-refractivity contribution in [2.24, 2.45) is 5.10 Å². The molecule has 0 aliphatic heterocycles. The Balaban J connectivity index is 1.62. The Labute approximate surface area is 167 Å². The predicted molar refractivity (Wildman–Crippen MR) is 111 cm³/mol. The Kier molecular flexibility index (Phi) is 6.77. The van der Waals surface area contributed by atoms with Crippen molar-refractivity contribution in [1.29, 1.82) is 0 Å². The smallest absolute Gasteiger partial charge is 0.244 e. The Morgan fingerprint density at radius 3 is 2.33 bits per heavy atom. The van der Waals surface area contributed by atoms with Crippen LogP contribution in [0.25, 0.3) is 0 Å². The van der Waals surface area contributed by atoms with Gasteiger partial charge in [-0.2, -0.15) is 5.10 Å². The molecule has 0 aromatic heterocycles. The van der Waals surface area contributed by atoms with E-state index in [-0.39, 0.29) is 12.3 Å². The number of carbonyl (C=O) groups excluding carboxylic acids is 1. The molecule has 27 heavy (non-hydrogen) atoms. The Hall–Kier alpha value is -2.92. The van der Waals surface area contributed by atoms with Gasteiger partial charge in [0, 0.05) is 10.0 Å². The third kappa shape index (κ3) is 6.08. The number of hydrogen-bond donors (Lipinski definition) is 1. The molecule has 0 atom stereocenters. The molecule has 0 saturated carbocycles. The van der Waals surface area contributed by atoms with E-state index in [2.05, 4.69) is 26.5 Å². The number of nitrogens with zero attached hydrogens (tertiary/aromatic N) is 1. The highest BCUT2D eigenvalue weighted by Crippen LogP contribution is 2.22. The number of ether oxygens (including phenoxy) is 1. The van der Waals surface area contributed by atoms with Crippen LogP contribution in [-0.2, 0) is 17.8 Å². The molecule has 3 aromatic rings. The van der Waals surface area contributed by atoms with Crippen molar-refractivity contribution < 1.29 is 9.53 Å². The van der Waals surface area contributed by atoms with Crippen LogP contribution in [0.3, 0.4) is 0 Å². The van der Waals surface area contributed by atoms with Crippen LogP contribution in [0.15, 0.2) is 88.4 Å². The number of hydrazone groups is 1. The molecule has 0 unspecified atom stereocenters. The molecule has 1 N–H and O–H groups in total. The number of carbonyl (C=O) groups is 1. The van der Waals surface area contributed by atoms with E-state index < -0.39 is 0 Å². The summed E-state index contributed by atoms with van der Waals surface area (Å²) >= 11 is 3.45. The summed E-state index contributed by atoms with van der Waals surface area (Å²) in [5.74, 6) is 0.530. The van der Waals surface area contributed by atoms with Crippen LogP contribution in [-0.4, -0.2) is 12.1 Å². The van der Waals surface area contributed by atoms with Crippen LogP contribution in [0, 0.1) is 0 Å². The summed E-state index contributed by atoms with van der Waals surface area (Å²) in [5, 5.41) is 4.07. The van der Waals surface area contributed by atoms with Crippen molar-refractivity contribution in [1.82, 2.24) is 5.43 Å². The van der Waals surface area contributed by atoms with Gasteiger partial charge < -0.3 is 4.74 Å². The van der Waals surface area contributed by atoms with Crippen molar-refractivity contribution >= 4 is 28.1 Å². The molecule has 0 spiro atoms. The lowest BCUT2D eigenvalue weighted by Crippen LogP contribution is -2.19. The standard InChI is InChI=1S/C22H19BrN2O2/c23-20-11-12-21(27-16-18-9-5-2-6-10-18)19(14-20)15-24-25-22(26)13-17-7-3-1-4-8-17/h1-12,14-15H,13,16H2,(H,25,26)/b24-15+. The first-order chi connectivity index (χ1) is 13.2. The molecule has 0 radical (unpaired) electrons. The van der Waals surface area contributed by atoms with Gasteiger partial charge >= 0.3 is 0 Å². The van der Waals surface area contributed by atoms with Gasteiger partial charge in [-0.15, -0.1) is 0 Å². The Morgan fingerprint density at radius 1 is 0.963 bits per heavy atom. The number of rotatable bonds is 7. The fraction of sp³-hybridized carbons (Fsp3) is 0.0909. The largest absolute Gasteiger partial charge is 0.488 e. The fourth-order valence-electron chi connectivity index (χ4n) is 2.48. The van der Waals surface area contributed by atoms with Crippen molar-refractivity contribution in [2.45, 2.75) is 13.0 Å². The van der Waals surface area contributed by atoms with E-state index in [1.807, 2.05) is 78.9 Å². The third-order valence-electron chi connectivity index (χ3n) is 3.81. The molecule has 0 fully saturated rings. The highest BCUT2D eigenvalue weighted by Gasteiger charge is 2.05. The summed E-state index contributed by atoms with van der Waals surface area (Å²) in [6.07, 6.45) is 1.88. The van der Waals surface area contributed by atoms with E-state index in [1.54, 1.807) is 6.21 Å². The van der Waals surface area contributed by atoms with Crippen LogP contribution < -0.4 is 10.2 Å². The lowest BCUT2D eigenvalue weighted by molar-refractivity contribution is -0.120. The second-order valence-electron chi connectivity index (χ2n) is 5.91. The van der Waals surface area contributed by atoms with E-state index in [1.165, 1.54) is 0 Å². The molecule has 0 aliphatic rings. The number of amides is 1. The minimum atomic E-state index is -0.167. The summed E-state index contributed by atoms with van der Waals surface area (Å²) < 4.78 is 6.82. The van der Waals surface area contributed by atoms with Crippen molar-refractivity contribution in [3.63, 3.8) is 0 Å². The van der Waals surface area contributed by atoms with Crippen molar-refractivity contribution in [3.05, 3.63) is 100 Å². The van der Waals surface area contributed by atoms with Gasteiger partial charge in [0.15, 0.2) is 0 Å². The van der Waals surface area contributed by atoms with Gasteiger partial charge in [0.25, 0.3) is 0 Å². The molecule has 0 saturated heterocycles. The normalized spacial score (nSPS) is 10.7. The zero-order valence-corrected chi connectivity index (χ0v) is 16.2. The van der Waals surface area contributed by atoms with Gasteiger partial charge in [0.1, 0.15) is 12.4 Å². The molecule has 136 valence electrons. The van der Waals surface area contributed by atoms with E-state index in [0.717, 1.165) is 21.2 Å². The molecular weight excluding hydrogens is 404 g/mol. The first kappa shape index (κ1) is 18.9. The van der Waals surface area contributed by atoms with Gasteiger partial charge in [0.05, 0.1) is 12.6 Å². The number of nitrogens with one attached hydrogen (secondary N) is 1. The average molecular weight is 423 g/mol. The van der Waals surface area contributed by atoms with Crippen LogP contribution >= 0.6 is 15.9 Å². The predicted octanol–water partition coefficient (Wildman–Crippen LogP) is 4.72. The molecular formula is C22H19BrN2O2. The van der Waals surface area contributed by atoms with Crippen LogP contribution in [0.1, 0.15) is 16.7 Å². The monoisotopic (exact) mass is 422 g/mol. The number of hydrogen-bond acceptors (Lipinski definition) is 3. The highest BCUT2D eigenvalue weighted by atomic mass is 79.9. The van der Waals surface area contributed by atoms with E-state index in [9.17, 15) is 4.79 Å². The number of halogens is 1. The summed E-state index contributed by atoms with van der Waals surface area (Å²) in [4.78, 5) is 12.0. The van der Waals surface area contributed by atoms with E-state index in [0.29, 0.717) is 12.4 Å². The summed E-state index contributed by atoms with van der Waals surface area (Å²) in [6, 6.07) is 25.2. The quantitative estimate of drug-likeness (QED) is 0.442. The first-order valence-electron chi connectivity index (χ1n) is 8.53. The molecule has 4 nitrogen and oxygen atoms in total. The van der Waals surface area contributed by atoms with Gasteiger partial charge in [-0.05, 0) is 29.3 Å². The number of benzene rings is 3. The maximum atomic E-state index is 12.0. The molecule has 0 heterocycles. The Bertz CT molecular complexity index is 912. The Morgan fingerprint density at radius 2 is 1.63 bits per heavy atom. The fourth-order valence-corrected chi connectivity index (χ4v) is 2.86. The molecule has 1 amide bonds. The van der Waals surface area contributed by atoms with Gasteiger partial charge in [0.2, 0.25) is 5.91 Å². The molecule has 5 heteroatoms. The minimum Gasteiger partial charge on any atom is -0.488 e. The first-order valence-corrected chi connectivity index (χ1v) is 9.32. The maximum absolute atomic E-state index is 12.0. The molecule has 3 rings (SSSR count). The lowest BCUT2D eigenvalue weighted by Gasteiger charge is -2.09. The second-order valence-corrected chi connectivity index (χ2v) is 6.83. The average Bonchev–Trinajstić information content (AvgIpc) is 2.69. The minimum absolute atomic E-state index is 0.167. The van der Waals surface area contributed by atoms with Crippen LogP contribution in [0.2, 0.25) is 0 Å². The van der Waals surface area contributed by atoms with Gasteiger partial charge in [-0.25, -0.2) is 5.43 Å². The van der Waals surface area contributed by atoms with Crippen molar-refractivity contribution in [2.75, 3.05) is 0 Å². The zero-order valence-electron chi connectivity index (χ0n) is 14.6. The maximum Gasteiger partial charge on any atom is 0.244 e. The topological polar surface area (TPSA) is 50.7 Å². The molecule has 3 aromatic carbocycles. The zero-order chi connectivity index (χ0) is 18.9. The molecule has 0 bridgehead atoms. The van der Waals surface area contributed by atoms with E-state index >= 15 is 0 Å². The molecule has 0 aliphatic carbocycles. The van der Waals surface area contributed by atoms with Gasteiger partial charge in [-0.3, -0.25) is 4.79 Å². The highest BCUT2D eigenvalue weighted by molar-refractivity contribution is 9.10. The van der Waals surface area contributed by atoms with Crippen LogP contribution in [0.5, 0.6) is 5.75 Å². The SMILES string of the molecule is O=C(Cc1ccccc1)N/N=C/c1cc(Br)ccc1OCc1ccccc1. The van der Waals surface area contributed by atoms with E-state index in [4.69, 9.17) is 4.74 Å². The summed E-state index contributed by atoms with van der Waals surface area (Å²) in [6.45, 7) is 0.462. The van der Waals surface area contributed by atoms with Crippen LogP contribution in [0.4, 0.5) is 0 Å². The summed E-state index contributed by atoms with van der Waals surface area (Å²) in [5.41, 5.74) is 5.36. The third-order valence-corrected chi connectivity index (χ3v) is 4.30. The lowest BCUT2D eigenvalue weighted by atomic mass is 10.1. The second kappa shape index (κ2) is 9.69. The van der Waals surface area contributed by atoms with Gasteiger partial charge in [-0.1, -0.05) is 76.6 Å².